The third-order valence-corrected chi connectivity index (χ3v) is 1.46. The van der Waals surface area contributed by atoms with Gasteiger partial charge in [-0.25, -0.2) is 8.78 Å². The van der Waals surface area contributed by atoms with Gasteiger partial charge in [-0.15, -0.1) is 0 Å². The Balaban J connectivity index is 3.24. The zero-order valence-electron chi connectivity index (χ0n) is 6.06. The lowest BCUT2D eigenvalue weighted by atomic mass is 10.1. The SMILES string of the molecule is Cc1cc(F)cc(CO)c1F. The number of hydrogen-bond acceptors (Lipinski definition) is 1. The second-order valence-corrected chi connectivity index (χ2v) is 2.35. The first-order valence-corrected chi connectivity index (χ1v) is 3.20. The molecule has 60 valence electrons. The number of aliphatic hydroxyl groups is 1. The van der Waals surface area contributed by atoms with Gasteiger partial charge in [0, 0.05) is 5.56 Å². The van der Waals surface area contributed by atoms with Crippen LogP contribution in [-0.2, 0) is 6.61 Å². The first kappa shape index (κ1) is 8.14. The Bertz CT molecular complexity index is 271. The Morgan fingerprint density at radius 2 is 2.00 bits per heavy atom. The molecule has 0 aliphatic rings. The van der Waals surface area contributed by atoms with E-state index in [2.05, 4.69) is 0 Å². The van der Waals surface area contributed by atoms with Gasteiger partial charge in [-0.1, -0.05) is 0 Å². The van der Waals surface area contributed by atoms with E-state index in [1.165, 1.54) is 6.92 Å². The van der Waals surface area contributed by atoms with Gasteiger partial charge in [0.2, 0.25) is 0 Å². The summed E-state index contributed by atoms with van der Waals surface area (Å²) in [6.45, 7) is 0.988. The number of hydrogen-bond donors (Lipinski definition) is 1. The highest BCUT2D eigenvalue weighted by Crippen LogP contribution is 2.14. The van der Waals surface area contributed by atoms with Gasteiger partial charge in [0.15, 0.2) is 0 Å². The van der Waals surface area contributed by atoms with Gasteiger partial charge in [-0.05, 0) is 24.6 Å². The summed E-state index contributed by atoms with van der Waals surface area (Å²) < 4.78 is 25.4. The molecule has 0 unspecified atom stereocenters. The van der Waals surface area contributed by atoms with Gasteiger partial charge < -0.3 is 5.11 Å². The van der Waals surface area contributed by atoms with Gasteiger partial charge in [-0.2, -0.15) is 0 Å². The molecule has 1 aromatic rings. The van der Waals surface area contributed by atoms with Crippen LogP contribution in [0.4, 0.5) is 8.78 Å². The van der Waals surface area contributed by atoms with E-state index < -0.39 is 18.2 Å². The zero-order chi connectivity index (χ0) is 8.43. The average Bonchev–Trinajstić information content (AvgIpc) is 1.96. The quantitative estimate of drug-likeness (QED) is 0.660. The van der Waals surface area contributed by atoms with Crippen LogP contribution in [0, 0.1) is 18.6 Å². The molecule has 0 bridgehead atoms. The molecule has 11 heavy (non-hydrogen) atoms. The topological polar surface area (TPSA) is 20.2 Å². The maximum Gasteiger partial charge on any atom is 0.131 e. The smallest absolute Gasteiger partial charge is 0.131 e. The summed E-state index contributed by atoms with van der Waals surface area (Å²) in [6.07, 6.45) is 0. The van der Waals surface area contributed by atoms with Gasteiger partial charge in [0.1, 0.15) is 11.6 Å². The van der Waals surface area contributed by atoms with E-state index in [0.29, 0.717) is 0 Å². The fourth-order valence-electron chi connectivity index (χ4n) is 0.910. The lowest BCUT2D eigenvalue weighted by Gasteiger charge is -2.01. The zero-order valence-corrected chi connectivity index (χ0v) is 6.06. The van der Waals surface area contributed by atoms with Crippen LogP contribution in [0.2, 0.25) is 0 Å². The molecular formula is C8H8F2O. The van der Waals surface area contributed by atoms with Crippen molar-refractivity contribution in [3.63, 3.8) is 0 Å². The van der Waals surface area contributed by atoms with Crippen molar-refractivity contribution in [3.05, 3.63) is 34.9 Å². The molecule has 0 radical (unpaired) electrons. The molecule has 0 saturated carbocycles. The van der Waals surface area contributed by atoms with Crippen LogP contribution in [0.5, 0.6) is 0 Å². The van der Waals surface area contributed by atoms with Gasteiger partial charge in [0.25, 0.3) is 0 Å². The van der Waals surface area contributed by atoms with Crippen molar-refractivity contribution >= 4 is 0 Å². The largest absolute Gasteiger partial charge is 0.392 e. The van der Waals surface area contributed by atoms with Gasteiger partial charge >= 0.3 is 0 Å². The molecule has 1 rings (SSSR count). The highest BCUT2D eigenvalue weighted by Gasteiger charge is 2.05. The minimum atomic E-state index is -0.533. The van der Waals surface area contributed by atoms with Crippen LogP contribution >= 0.6 is 0 Å². The van der Waals surface area contributed by atoms with Crippen LogP contribution < -0.4 is 0 Å². The molecule has 0 aliphatic carbocycles. The average molecular weight is 158 g/mol. The summed E-state index contributed by atoms with van der Waals surface area (Å²) in [5.74, 6) is -1.05. The summed E-state index contributed by atoms with van der Waals surface area (Å²) in [6, 6.07) is 2.08. The predicted octanol–water partition coefficient (Wildman–Crippen LogP) is 1.77. The molecular weight excluding hydrogens is 150 g/mol. The normalized spacial score (nSPS) is 10.2. The number of rotatable bonds is 1. The molecule has 0 saturated heterocycles. The monoisotopic (exact) mass is 158 g/mol. The van der Waals surface area contributed by atoms with Crippen LogP contribution in [0.1, 0.15) is 11.1 Å². The molecule has 0 aliphatic heterocycles. The molecule has 0 spiro atoms. The second-order valence-electron chi connectivity index (χ2n) is 2.35. The Labute approximate surface area is 63.3 Å². The number of halogens is 2. The fraction of sp³-hybridized carbons (Fsp3) is 0.250. The Hall–Kier alpha value is -0.960. The summed E-state index contributed by atoms with van der Waals surface area (Å²) in [5, 5.41) is 8.56. The standard InChI is InChI=1S/C8H8F2O/c1-5-2-7(9)3-6(4-11)8(5)10/h2-3,11H,4H2,1H3. The van der Waals surface area contributed by atoms with E-state index in [1.807, 2.05) is 0 Å². The lowest BCUT2D eigenvalue weighted by molar-refractivity contribution is 0.274. The molecule has 0 amide bonds. The summed E-state index contributed by atoms with van der Waals surface area (Å²) in [7, 11) is 0. The fourth-order valence-corrected chi connectivity index (χ4v) is 0.910. The van der Waals surface area contributed by atoms with E-state index in [4.69, 9.17) is 5.11 Å². The summed E-state index contributed by atoms with van der Waals surface area (Å²) >= 11 is 0. The molecule has 0 aromatic heterocycles. The van der Waals surface area contributed by atoms with Crippen molar-refractivity contribution in [2.45, 2.75) is 13.5 Å². The van der Waals surface area contributed by atoms with Crippen molar-refractivity contribution in [3.8, 4) is 0 Å². The highest BCUT2D eigenvalue weighted by atomic mass is 19.1. The Kier molecular flexibility index (Phi) is 2.19. The van der Waals surface area contributed by atoms with Gasteiger partial charge in [-0.3, -0.25) is 0 Å². The van der Waals surface area contributed by atoms with E-state index in [0.717, 1.165) is 12.1 Å². The van der Waals surface area contributed by atoms with Crippen molar-refractivity contribution < 1.29 is 13.9 Å². The lowest BCUT2D eigenvalue weighted by Crippen LogP contribution is -1.94. The molecule has 0 atom stereocenters. The van der Waals surface area contributed by atoms with E-state index >= 15 is 0 Å². The van der Waals surface area contributed by atoms with Crippen molar-refractivity contribution in [2.75, 3.05) is 0 Å². The molecule has 1 nitrogen and oxygen atoms in total. The molecule has 0 heterocycles. The summed E-state index contributed by atoms with van der Waals surface area (Å²) in [5.41, 5.74) is 0.219. The number of aliphatic hydroxyl groups excluding tert-OH is 1. The molecule has 0 fully saturated rings. The first-order chi connectivity index (χ1) is 5.15. The van der Waals surface area contributed by atoms with Crippen molar-refractivity contribution in [1.82, 2.24) is 0 Å². The third-order valence-electron chi connectivity index (χ3n) is 1.46. The van der Waals surface area contributed by atoms with E-state index in [-0.39, 0.29) is 11.1 Å². The predicted molar refractivity (Wildman–Crippen MR) is 37.0 cm³/mol. The minimum Gasteiger partial charge on any atom is -0.392 e. The Morgan fingerprint density at radius 1 is 1.36 bits per heavy atom. The number of benzene rings is 1. The highest BCUT2D eigenvalue weighted by molar-refractivity contribution is 5.25. The second kappa shape index (κ2) is 2.96. The molecule has 3 heteroatoms. The maximum atomic E-state index is 12.9. The van der Waals surface area contributed by atoms with Crippen LogP contribution in [0.25, 0.3) is 0 Å². The van der Waals surface area contributed by atoms with Crippen LogP contribution in [-0.4, -0.2) is 5.11 Å². The maximum absolute atomic E-state index is 12.9. The first-order valence-electron chi connectivity index (χ1n) is 3.20. The van der Waals surface area contributed by atoms with Crippen molar-refractivity contribution in [2.24, 2.45) is 0 Å². The van der Waals surface area contributed by atoms with E-state index in [9.17, 15) is 8.78 Å². The van der Waals surface area contributed by atoms with Gasteiger partial charge in [0.05, 0.1) is 6.61 Å². The minimum absolute atomic E-state index is 0.00231. The van der Waals surface area contributed by atoms with Crippen LogP contribution in [0.3, 0.4) is 0 Å². The van der Waals surface area contributed by atoms with Crippen LogP contribution in [0.15, 0.2) is 12.1 Å². The third kappa shape index (κ3) is 1.54. The van der Waals surface area contributed by atoms with E-state index in [1.54, 1.807) is 0 Å². The number of aryl methyl sites for hydroxylation is 1. The van der Waals surface area contributed by atoms with Crippen molar-refractivity contribution in [1.29, 1.82) is 0 Å². The summed E-state index contributed by atoms with van der Waals surface area (Å²) in [4.78, 5) is 0. The Morgan fingerprint density at radius 3 is 2.55 bits per heavy atom. The molecule has 1 N–H and O–H groups in total. The molecule has 1 aromatic carbocycles.